The van der Waals surface area contributed by atoms with Crippen molar-refractivity contribution in [2.45, 2.75) is 38.5 Å². The van der Waals surface area contributed by atoms with E-state index in [-0.39, 0.29) is 0 Å². The van der Waals surface area contributed by atoms with Crippen molar-refractivity contribution in [3.63, 3.8) is 0 Å². The SMILES string of the molecule is c1cc2c(cc1CCCc1nn[nH]n1)CCC2. The smallest absolute Gasteiger partial charge is 0.174 e. The molecule has 0 unspecified atom stereocenters. The van der Waals surface area contributed by atoms with Crippen molar-refractivity contribution in [2.24, 2.45) is 0 Å². The van der Waals surface area contributed by atoms with Gasteiger partial charge in [-0.3, -0.25) is 0 Å². The Kier molecular flexibility index (Phi) is 2.86. The molecule has 1 N–H and O–H groups in total. The van der Waals surface area contributed by atoms with Gasteiger partial charge in [-0.25, -0.2) is 0 Å². The molecule has 0 aliphatic heterocycles. The van der Waals surface area contributed by atoms with Crippen LogP contribution in [0, 0.1) is 0 Å². The van der Waals surface area contributed by atoms with Crippen molar-refractivity contribution >= 4 is 0 Å². The monoisotopic (exact) mass is 228 g/mol. The Bertz CT molecular complexity index is 490. The summed E-state index contributed by atoms with van der Waals surface area (Å²) in [4.78, 5) is 0. The predicted octanol–water partition coefficient (Wildman–Crippen LogP) is 1.86. The summed E-state index contributed by atoms with van der Waals surface area (Å²) in [5.41, 5.74) is 4.54. The van der Waals surface area contributed by atoms with Crippen molar-refractivity contribution in [1.82, 2.24) is 20.6 Å². The van der Waals surface area contributed by atoms with E-state index >= 15 is 0 Å². The Morgan fingerprint density at radius 1 is 1.12 bits per heavy atom. The van der Waals surface area contributed by atoms with Crippen molar-refractivity contribution in [3.05, 3.63) is 40.7 Å². The van der Waals surface area contributed by atoms with Crippen LogP contribution in [0.5, 0.6) is 0 Å². The number of rotatable bonds is 4. The lowest BCUT2D eigenvalue weighted by atomic mass is 10.0. The third kappa shape index (κ3) is 2.35. The van der Waals surface area contributed by atoms with Crippen LogP contribution >= 0.6 is 0 Å². The Morgan fingerprint density at radius 2 is 2.06 bits per heavy atom. The molecule has 1 aliphatic rings. The number of H-pyrrole nitrogens is 1. The van der Waals surface area contributed by atoms with Gasteiger partial charge in [-0.15, -0.1) is 10.2 Å². The van der Waals surface area contributed by atoms with Gasteiger partial charge in [-0.1, -0.05) is 23.4 Å². The van der Waals surface area contributed by atoms with Crippen molar-refractivity contribution < 1.29 is 0 Å². The van der Waals surface area contributed by atoms with Crippen molar-refractivity contribution in [3.8, 4) is 0 Å². The fourth-order valence-electron chi connectivity index (χ4n) is 2.52. The van der Waals surface area contributed by atoms with Crippen molar-refractivity contribution in [1.29, 1.82) is 0 Å². The van der Waals surface area contributed by atoms with Crippen molar-refractivity contribution in [2.75, 3.05) is 0 Å². The van der Waals surface area contributed by atoms with Gasteiger partial charge in [0.2, 0.25) is 0 Å². The number of tetrazole rings is 1. The molecule has 1 aliphatic carbocycles. The molecule has 1 aromatic carbocycles. The molecule has 0 radical (unpaired) electrons. The zero-order valence-electron chi connectivity index (χ0n) is 9.82. The van der Waals surface area contributed by atoms with Crippen LogP contribution in [0.25, 0.3) is 0 Å². The average molecular weight is 228 g/mol. The number of aromatic amines is 1. The van der Waals surface area contributed by atoms with E-state index in [0.717, 1.165) is 25.1 Å². The maximum Gasteiger partial charge on any atom is 0.174 e. The van der Waals surface area contributed by atoms with E-state index in [9.17, 15) is 0 Å². The minimum Gasteiger partial charge on any atom is -0.177 e. The molecule has 4 nitrogen and oxygen atoms in total. The van der Waals surface area contributed by atoms with E-state index in [1.165, 1.54) is 24.8 Å². The van der Waals surface area contributed by atoms with Gasteiger partial charge < -0.3 is 0 Å². The first-order valence-corrected chi connectivity index (χ1v) is 6.25. The topological polar surface area (TPSA) is 54.5 Å². The summed E-state index contributed by atoms with van der Waals surface area (Å²) in [6.07, 6.45) is 6.92. The normalized spacial score (nSPS) is 13.9. The van der Waals surface area contributed by atoms with Gasteiger partial charge in [0, 0.05) is 6.42 Å². The number of nitrogens with one attached hydrogen (secondary N) is 1. The quantitative estimate of drug-likeness (QED) is 0.869. The third-order valence-electron chi connectivity index (χ3n) is 3.42. The van der Waals surface area contributed by atoms with Gasteiger partial charge in [-0.05, 0) is 48.8 Å². The molecule has 3 rings (SSSR count). The van der Waals surface area contributed by atoms with E-state index in [1.54, 1.807) is 11.1 Å². The summed E-state index contributed by atoms with van der Waals surface area (Å²) in [6, 6.07) is 6.94. The first-order valence-electron chi connectivity index (χ1n) is 6.25. The van der Waals surface area contributed by atoms with Gasteiger partial charge in [0.15, 0.2) is 5.82 Å². The zero-order valence-corrected chi connectivity index (χ0v) is 9.82. The van der Waals surface area contributed by atoms with E-state index in [4.69, 9.17) is 0 Å². The van der Waals surface area contributed by atoms with Gasteiger partial charge in [0.1, 0.15) is 0 Å². The molecule has 0 fully saturated rings. The fraction of sp³-hybridized carbons (Fsp3) is 0.462. The maximum atomic E-state index is 3.96. The van der Waals surface area contributed by atoms with Gasteiger partial charge in [0.05, 0.1) is 0 Å². The highest BCUT2D eigenvalue weighted by Gasteiger charge is 2.10. The molecule has 17 heavy (non-hydrogen) atoms. The minimum absolute atomic E-state index is 0.811. The summed E-state index contributed by atoms with van der Waals surface area (Å²) in [7, 11) is 0. The van der Waals surface area contributed by atoms with E-state index in [0.29, 0.717) is 0 Å². The molecule has 0 atom stereocenters. The number of fused-ring (bicyclic) bond motifs is 1. The summed E-state index contributed by atoms with van der Waals surface area (Å²) in [6.45, 7) is 0. The molecule has 0 spiro atoms. The molecule has 1 aromatic heterocycles. The highest BCUT2D eigenvalue weighted by atomic mass is 15.5. The number of aromatic nitrogens is 4. The van der Waals surface area contributed by atoms with Crippen LogP contribution in [0.3, 0.4) is 0 Å². The Morgan fingerprint density at radius 3 is 2.94 bits per heavy atom. The lowest BCUT2D eigenvalue weighted by Crippen LogP contribution is -1.94. The maximum absolute atomic E-state index is 3.96. The molecule has 0 bridgehead atoms. The molecule has 1 heterocycles. The lowest BCUT2D eigenvalue weighted by Gasteiger charge is -2.04. The van der Waals surface area contributed by atoms with E-state index in [1.807, 2.05) is 0 Å². The Labute approximate surface area is 100 Å². The second-order valence-electron chi connectivity index (χ2n) is 4.64. The van der Waals surface area contributed by atoms with Gasteiger partial charge in [0.25, 0.3) is 0 Å². The number of hydrogen-bond acceptors (Lipinski definition) is 3. The second kappa shape index (κ2) is 4.65. The molecule has 88 valence electrons. The largest absolute Gasteiger partial charge is 0.177 e. The lowest BCUT2D eigenvalue weighted by molar-refractivity contribution is 0.772. The summed E-state index contributed by atoms with van der Waals surface area (Å²) in [5.74, 6) is 0.811. The van der Waals surface area contributed by atoms with Crippen LogP contribution in [0.4, 0.5) is 0 Å². The van der Waals surface area contributed by atoms with Crippen LogP contribution in [0.1, 0.15) is 35.4 Å². The predicted molar refractivity (Wildman–Crippen MR) is 64.7 cm³/mol. The number of hydrogen-bond donors (Lipinski definition) is 1. The first-order chi connectivity index (χ1) is 8.42. The zero-order chi connectivity index (χ0) is 11.5. The molecular weight excluding hydrogens is 212 g/mol. The molecule has 0 saturated heterocycles. The Balaban J connectivity index is 1.58. The van der Waals surface area contributed by atoms with Crippen LogP contribution in [0.2, 0.25) is 0 Å². The average Bonchev–Trinajstić information content (AvgIpc) is 2.98. The summed E-state index contributed by atoms with van der Waals surface area (Å²) in [5, 5.41) is 14.0. The summed E-state index contributed by atoms with van der Waals surface area (Å²) < 4.78 is 0. The number of benzene rings is 1. The fourth-order valence-corrected chi connectivity index (χ4v) is 2.52. The summed E-state index contributed by atoms with van der Waals surface area (Å²) >= 11 is 0. The molecular formula is C13H16N4. The highest BCUT2D eigenvalue weighted by Crippen LogP contribution is 2.23. The highest BCUT2D eigenvalue weighted by molar-refractivity contribution is 5.35. The van der Waals surface area contributed by atoms with Crippen LogP contribution in [-0.2, 0) is 25.7 Å². The minimum atomic E-state index is 0.811. The molecule has 0 amide bonds. The van der Waals surface area contributed by atoms with Crippen LogP contribution in [-0.4, -0.2) is 20.6 Å². The molecule has 2 aromatic rings. The number of nitrogens with zero attached hydrogens (tertiary/aromatic N) is 3. The van der Waals surface area contributed by atoms with E-state index < -0.39 is 0 Å². The first kappa shape index (κ1) is 10.4. The molecule has 4 heteroatoms. The third-order valence-corrected chi connectivity index (χ3v) is 3.42. The molecule has 0 saturated carbocycles. The van der Waals surface area contributed by atoms with Gasteiger partial charge >= 0.3 is 0 Å². The van der Waals surface area contributed by atoms with Crippen LogP contribution < -0.4 is 0 Å². The second-order valence-corrected chi connectivity index (χ2v) is 4.64. The number of aryl methyl sites for hydroxylation is 4. The van der Waals surface area contributed by atoms with E-state index in [2.05, 4.69) is 38.8 Å². The Hall–Kier alpha value is -1.71. The van der Waals surface area contributed by atoms with Gasteiger partial charge in [-0.2, -0.15) is 5.21 Å². The standard InChI is InChI=1S/C13H16N4/c1(6-13-14-16-17-15-13)3-10-7-8-11-4-2-5-12(11)9-10/h7-9H,1-6H2,(H,14,15,16,17). The van der Waals surface area contributed by atoms with Crippen LogP contribution in [0.15, 0.2) is 18.2 Å².